The molecule has 9 heteroatoms. The van der Waals surface area contributed by atoms with Gasteiger partial charge in [0.15, 0.2) is 0 Å². The zero-order valence-electron chi connectivity index (χ0n) is 17.5. The number of carbonyl (C=O) groups is 4. The molecule has 27 heavy (non-hydrogen) atoms. The van der Waals surface area contributed by atoms with Crippen molar-refractivity contribution in [3.05, 3.63) is 0 Å². The number of esters is 2. The molecule has 0 aromatic rings. The van der Waals surface area contributed by atoms with E-state index in [0.29, 0.717) is 0 Å². The van der Waals surface area contributed by atoms with Crippen LogP contribution in [-0.2, 0) is 52.7 Å². The Balaban J connectivity index is 6.76. The number of hydrogen-bond acceptors (Lipinski definition) is 8. The molecule has 0 aliphatic heterocycles. The topological polar surface area (TPSA) is 105 Å². The summed E-state index contributed by atoms with van der Waals surface area (Å²) in [7, 11) is 0. The fourth-order valence-electron chi connectivity index (χ4n) is 2.88. The van der Waals surface area contributed by atoms with Crippen LogP contribution in [0.5, 0.6) is 0 Å². The summed E-state index contributed by atoms with van der Waals surface area (Å²) in [6.07, 6.45) is -0.979. The number of ether oxygens (including phenoxy) is 2. The number of ketones is 2. The Bertz CT molecular complexity index is 495. The van der Waals surface area contributed by atoms with Gasteiger partial charge in [-0.05, 0) is 0 Å². The van der Waals surface area contributed by atoms with E-state index in [1.165, 1.54) is 13.8 Å². The van der Waals surface area contributed by atoms with Crippen LogP contribution >= 0.6 is 0 Å². The van der Waals surface area contributed by atoms with E-state index in [0.717, 1.165) is 0 Å². The van der Waals surface area contributed by atoms with Crippen molar-refractivity contribution < 1.29 is 52.7 Å². The summed E-state index contributed by atoms with van der Waals surface area (Å²) in [4.78, 5) is 50.4. The van der Waals surface area contributed by atoms with Gasteiger partial charge in [0, 0.05) is 0 Å². The van der Waals surface area contributed by atoms with Gasteiger partial charge in [-0.1, -0.05) is 0 Å². The van der Waals surface area contributed by atoms with Crippen LogP contribution in [0.3, 0.4) is 0 Å². The third-order valence-corrected chi connectivity index (χ3v) is 10.6. The van der Waals surface area contributed by atoms with E-state index in [2.05, 4.69) is 0 Å². The van der Waals surface area contributed by atoms with E-state index in [9.17, 15) is 19.2 Å². The normalized spacial score (nSPS) is 14.0. The Kier molecular flexibility index (Phi) is 11.2. The van der Waals surface area contributed by atoms with Crippen molar-refractivity contribution in [2.75, 3.05) is 13.2 Å². The van der Waals surface area contributed by atoms with Crippen molar-refractivity contribution in [3.63, 3.8) is 0 Å². The van der Waals surface area contributed by atoms with E-state index in [1.54, 1.807) is 41.5 Å². The van der Waals surface area contributed by atoms with E-state index in [1.807, 2.05) is 0 Å². The Hall–Kier alpha value is -1.09. The molecule has 0 heterocycles. The van der Waals surface area contributed by atoms with E-state index < -0.39 is 61.5 Å². The predicted molar refractivity (Wildman–Crippen MR) is 94.6 cm³/mol. The van der Waals surface area contributed by atoms with E-state index >= 15 is 0 Å². The van der Waals surface area contributed by atoms with Crippen LogP contribution in [0.15, 0.2) is 0 Å². The van der Waals surface area contributed by atoms with Gasteiger partial charge in [0.05, 0.1) is 0 Å². The molecule has 2 unspecified atom stereocenters. The molecule has 8 nitrogen and oxygen atoms in total. The molecule has 0 aliphatic rings. The van der Waals surface area contributed by atoms with E-state index in [-0.39, 0.29) is 13.2 Å². The Morgan fingerprint density at radius 1 is 0.704 bits per heavy atom. The van der Waals surface area contributed by atoms with Crippen molar-refractivity contribution in [1.82, 2.24) is 0 Å². The van der Waals surface area contributed by atoms with Gasteiger partial charge >= 0.3 is 165 Å². The number of rotatable bonds is 12. The standard InChI is InChI=1S/2C6H9O3.2C3H7O.Ti/c2*1-3-9-6(8)4-5(2)7;2*1-3(2)4;/h2*4H,3H2,1-2H3;2*3H,1-2H3;/q;;2*-1;+2. The SMILES string of the molecule is CCOC(=O)[CH](C(C)=O)[Ti]([O]C(C)C)([O]C(C)C)[CH](C(C)=O)C(=O)OCC. The van der Waals surface area contributed by atoms with Gasteiger partial charge < -0.3 is 0 Å². The minimum absolute atomic E-state index is 0.0361. The van der Waals surface area contributed by atoms with Gasteiger partial charge in [0.1, 0.15) is 0 Å². The third kappa shape index (κ3) is 7.10. The van der Waals surface area contributed by atoms with Gasteiger partial charge in [0.25, 0.3) is 0 Å². The van der Waals surface area contributed by atoms with Crippen LogP contribution in [0.25, 0.3) is 0 Å². The quantitative estimate of drug-likeness (QED) is 0.268. The fourth-order valence-corrected chi connectivity index (χ4v) is 9.70. The monoisotopic (exact) mass is 424 g/mol. The first-order chi connectivity index (χ1) is 12.4. The summed E-state index contributed by atoms with van der Waals surface area (Å²) in [6.45, 7) is 12.4. The zero-order chi connectivity index (χ0) is 21.4. The predicted octanol–water partition coefficient (Wildman–Crippen LogP) is 2.70. The minimum atomic E-state index is -4.85. The van der Waals surface area contributed by atoms with Crippen molar-refractivity contribution in [2.45, 2.75) is 76.0 Å². The van der Waals surface area contributed by atoms with Crippen molar-refractivity contribution in [2.24, 2.45) is 0 Å². The second kappa shape index (κ2) is 11.7. The summed E-state index contributed by atoms with van der Waals surface area (Å²) in [5.41, 5.74) is 0. The number of hydrogen-bond donors (Lipinski definition) is 0. The van der Waals surface area contributed by atoms with Gasteiger partial charge in [0.2, 0.25) is 0 Å². The summed E-state index contributed by atoms with van der Waals surface area (Å²) in [6, 6.07) is 0. The summed E-state index contributed by atoms with van der Waals surface area (Å²) in [5.74, 6) is -2.82. The number of Topliss-reactive ketones (excluding diaryl/α,β-unsaturated/α-hetero) is 2. The molecule has 0 bridgehead atoms. The molecule has 0 aromatic heterocycles. The van der Waals surface area contributed by atoms with Crippen LogP contribution in [0.1, 0.15) is 55.4 Å². The molecular formula is C18H32O8Ti. The number of carbonyl (C=O) groups excluding carboxylic acids is 4. The fraction of sp³-hybridized carbons (Fsp3) is 0.778. The Labute approximate surface area is 165 Å². The molecule has 0 radical (unpaired) electrons. The first kappa shape index (κ1) is 25.9. The molecule has 0 saturated heterocycles. The molecule has 0 aromatic carbocycles. The first-order valence-electron chi connectivity index (χ1n) is 9.14. The van der Waals surface area contributed by atoms with Gasteiger partial charge in [-0.25, -0.2) is 0 Å². The van der Waals surface area contributed by atoms with Crippen LogP contribution < -0.4 is 0 Å². The molecular weight excluding hydrogens is 392 g/mol. The molecule has 0 spiro atoms. The molecule has 0 saturated carbocycles. The summed E-state index contributed by atoms with van der Waals surface area (Å²) in [5, 5.41) is 0. The van der Waals surface area contributed by atoms with E-state index in [4.69, 9.17) is 16.1 Å². The molecule has 0 fully saturated rings. The third-order valence-electron chi connectivity index (χ3n) is 3.50. The van der Waals surface area contributed by atoms with Gasteiger partial charge in [-0.15, -0.1) is 0 Å². The van der Waals surface area contributed by atoms with Crippen LogP contribution in [-0.4, -0.2) is 48.9 Å². The Morgan fingerprint density at radius 3 is 1.19 bits per heavy atom. The zero-order valence-corrected chi connectivity index (χ0v) is 19.1. The van der Waals surface area contributed by atoms with Crippen molar-refractivity contribution >= 4 is 23.5 Å². The summed E-state index contributed by atoms with van der Waals surface area (Å²) < 4.78 is 19.3. The van der Waals surface area contributed by atoms with Crippen molar-refractivity contribution in [3.8, 4) is 0 Å². The van der Waals surface area contributed by atoms with Crippen molar-refractivity contribution in [1.29, 1.82) is 0 Å². The van der Waals surface area contributed by atoms with Crippen LogP contribution in [0, 0.1) is 0 Å². The average Bonchev–Trinajstić information content (AvgIpc) is 2.44. The molecule has 156 valence electrons. The maximum atomic E-state index is 12.7. The second-order valence-corrected chi connectivity index (χ2v) is 11.4. The van der Waals surface area contributed by atoms with Gasteiger partial charge in [-0.3, -0.25) is 0 Å². The molecule has 0 rings (SSSR count). The first-order valence-corrected chi connectivity index (χ1v) is 12.2. The van der Waals surface area contributed by atoms with Crippen LogP contribution in [0.4, 0.5) is 0 Å². The molecule has 0 amide bonds. The molecule has 0 aliphatic carbocycles. The Morgan fingerprint density at radius 2 is 1.00 bits per heavy atom. The second-order valence-electron chi connectivity index (χ2n) is 6.65. The summed E-state index contributed by atoms with van der Waals surface area (Å²) >= 11 is -4.85. The maximum absolute atomic E-state index is 12.7. The van der Waals surface area contributed by atoms with Gasteiger partial charge in [-0.2, -0.15) is 0 Å². The van der Waals surface area contributed by atoms with Crippen LogP contribution in [0.2, 0.25) is 8.45 Å². The molecule has 0 N–H and O–H groups in total. The average molecular weight is 424 g/mol. The molecule has 2 atom stereocenters.